The second-order valence-electron chi connectivity index (χ2n) is 28.4. The number of para-hydroxylation sites is 1. The van der Waals surface area contributed by atoms with Gasteiger partial charge in [-0.15, -0.1) is 5.10 Å². The number of H-pyrrole nitrogens is 3. The van der Waals surface area contributed by atoms with Gasteiger partial charge < -0.3 is 53.4 Å². The highest BCUT2D eigenvalue weighted by molar-refractivity contribution is 6.32. The van der Waals surface area contributed by atoms with E-state index in [0.29, 0.717) is 120 Å². The van der Waals surface area contributed by atoms with Gasteiger partial charge in [0.15, 0.2) is 0 Å². The first-order valence-corrected chi connectivity index (χ1v) is 40.0. The summed E-state index contributed by atoms with van der Waals surface area (Å²) in [5.41, 5.74) is 12.0. The molecule has 8 heterocycles. The quantitative estimate of drug-likeness (QED) is 0.0435. The van der Waals surface area contributed by atoms with Crippen molar-refractivity contribution in [1.82, 2.24) is 54.4 Å². The average Bonchev–Trinajstić information content (AvgIpc) is 1.51. The number of aromatic amines is 3. The van der Waals surface area contributed by atoms with Gasteiger partial charge in [-0.25, -0.2) is 14.4 Å². The van der Waals surface area contributed by atoms with E-state index in [1.54, 1.807) is 99.2 Å². The number of aryl methyl sites for hydroxylation is 1. The number of aromatic nitrogens is 6. The van der Waals surface area contributed by atoms with Crippen molar-refractivity contribution in [3.8, 4) is 34.5 Å². The third-order valence-electron chi connectivity index (χ3n) is 20.9. The Morgan fingerprint density at radius 1 is 0.483 bits per heavy atom. The van der Waals surface area contributed by atoms with Crippen LogP contribution in [-0.2, 0) is 30.6 Å². The fourth-order valence-corrected chi connectivity index (χ4v) is 16.1. The van der Waals surface area contributed by atoms with Gasteiger partial charge >= 0.3 is 18.3 Å². The van der Waals surface area contributed by atoms with Gasteiger partial charge in [-0.1, -0.05) is 130 Å². The monoisotopic (exact) mass is 1660 g/mol. The summed E-state index contributed by atoms with van der Waals surface area (Å²) in [4.78, 5) is 71.6. The lowest BCUT2D eigenvalue weighted by atomic mass is 9.92. The molecule has 17 rings (SSSR count). The topological polar surface area (TPSA) is 238 Å². The minimum Gasteiger partial charge on any atom is -0.494 e. The number of amides is 4. The van der Waals surface area contributed by atoms with E-state index < -0.39 is 24.3 Å². The predicted octanol–water partition coefficient (Wildman–Crippen LogP) is 18.7. The molecule has 0 radical (unpaired) electrons. The maximum atomic E-state index is 13.5. The van der Waals surface area contributed by atoms with Crippen molar-refractivity contribution in [3.05, 3.63) is 307 Å². The number of aliphatic hydroxyl groups is 1. The molecule has 4 amide bonds. The highest BCUT2D eigenvalue weighted by Crippen LogP contribution is 2.44. The van der Waals surface area contributed by atoms with Gasteiger partial charge in [0.2, 0.25) is 5.91 Å². The molecule has 4 aromatic heterocycles. The standard InChI is InChI=1S/C33H34Cl2N4O5.C29H25Cl2N5O3.C27H23ClN2O3/c1-21(40)38-16-14-37(15-17-38)19-25(41)20-43-26-7-2-22(3-8-26)32-31-28(29-18-24(35)6-11-30(29)36-31)12-13-39(32)33(42)44-27-9-4-23(34)5-10-27;30-20-4-9-23(10-5-20)39-29(37)36-15-12-24-25-18-21(31)6-11-26(25)33-27(24)28(36)19-2-7-22(8-3-19)38-17-1-14-35-16-13-32-34-35;1-2-16-32-20-11-8-18(9-12-20)26-25-22(23-17-19(28)10-13-24(23)29-25)14-15-30(26)27(31)33-21-6-4-3-5-7-21/h2-11,18,25,32,36,41H,12-17,19-20H2,1H3;2-11,13,16,18,28,33H,1,12,14-15,17H2;2-13,17,26,29H,1,14-16H2. The number of fused-ring (bicyclic) bond motifs is 9. The van der Waals surface area contributed by atoms with Crippen LogP contribution >= 0.6 is 58.0 Å². The summed E-state index contributed by atoms with van der Waals surface area (Å²) < 4.78 is 36.5. The number of carbonyl (C=O) groups is 4. The summed E-state index contributed by atoms with van der Waals surface area (Å²) >= 11 is 31.0. The molecule has 116 heavy (non-hydrogen) atoms. The Morgan fingerprint density at radius 3 is 1.27 bits per heavy atom. The largest absolute Gasteiger partial charge is 0.494 e. The Hall–Kier alpha value is -11.5. The third kappa shape index (κ3) is 18.7. The van der Waals surface area contributed by atoms with E-state index in [4.69, 9.17) is 86.4 Å². The first-order chi connectivity index (χ1) is 56.4. The van der Waals surface area contributed by atoms with Crippen LogP contribution in [0.25, 0.3) is 32.7 Å². The van der Waals surface area contributed by atoms with Crippen LogP contribution in [0.2, 0.25) is 25.1 Å². The zero-order valence-corrected chi connectivity index (χ0v) is 67.0. The highest BCUT2D eigenvalue weighted by Gasteiger charge is 2.40. The molecule has 1 saturated heterocycles. The normalized spacial score (nSPS) is 16.0. The Morgan fingerprint density at radius 2 is 0.871 bits per heavy atom. The van der Waals surface area contributed by atoms with Gasteiger partial charge in [0, 0.05) is 153 Å². The summed E-state index contributed by atoms with van der Waals surface area (Å²) in [7, 11) is 0. The van der Waals surface area contributed by atoms with E-state index in [1.807, 2.05) is 157 Å². The van der Waals surface area contributed by atoms with E-state index in [2.05, 4.69) is 36.7 Å². The second kappa shape index (κ2) is 36.6. The number of piperazine rings is 1. The smallest absolute Gasteiger partial charge is 0.416 e. The van der Waals surface area contributed by atoms with Crippen LogP contribution in [0.15, 0.2) is 231 Å². The summed E-state index contributed by atoms with van der Waals surface area (Å²) in [6, 6.07) is 62.1. The Bertz CT molecular complexity index is 5610. The zero-order valence-electron chi connectivity index (χ0n) is 63.2. The van der Waals surface area contributed by atoms with Crippen LogP contribution in [0.1, 0.15) is 81.9 Å². The number of rotatable bonds is 19. The lowest BCUT2D eigenvalue weighted by Crippen LogP contribution is -2.50. The fraction of sp³-hybridized carbons (Fsp3) is 0.236. The molecule has 4 N–H and O–H groups in total. The summed E-state index contributed by atoms with van der Waals surface area (Å²) in [6.07, 6.45) is 6.07. The Labute approximate surface area is 694 Å². The lowest BCUT2D eigenvalue weighted by Gasteiger charge is -2.35. The number of hydrogen-bond acceptors (Lipinski definition) is 14. The predicted molar refractivity (Wildman–Crippen MR) is 449 cm³/mol. The first kappa shape index (κ1) is 79.7. The molecule has 27 heteroatoms. The van der Waals surface area contributed by atoms with E-state index >= 15 is 0 Å². The van der Waals surface area contributed by atoms with E-state index in [-0.39, 0.29) is 30.7 Å². The van der Waals surface area contributed by atoms with Crippen molar-refractivity contribution in [2.45, 2.75) is 63.4 Å². The maximum Gasteiger partial charge on any atom is 0.416 e. The van der Waals surface area contributed by atoms with Crippen molar-refractivity contribution >= 4 is 115 Å². The summed E-state index contributed by atoms with van der Waals surface area (Å²) in [5.74, 6) is 3.57. The molecular weight excluding hydrogens is 1580 g/mol. The van der Waals surface area contributed by atoms with Crippen LogP contribution in [0.3, 0.4) is 0 Å². The van der Waals surface area contributed by atoms with Gasteiger partial charge in [-0.3, -0.25) is 29.1 Å². The Kier molecular flexibility index (Phi) is 25.1. The maximum absolute atomic E-state index is 13.5. The molecule has 9 aromatic carbocycles. The molecule has 22 nitrogen and oxygen atoms in total. The number of β-amino-alcohol motifs (C(OH)–C–C–N with tert-alkyl or cyclic N) is 1. The minimum atomic E-state index is -0.671. The minimum absolute atomic E-state index is 0.0805. The molecule has 0 aliphatic carbocycles. The van der Waals surface area contributed by atoms with E-state index in [0.717, 1.165) is 115 Å². The van der Waals surface area contributed by atoms with Crippen molar-refractivity contribution in [1.29, 1.82) is 0 Å². The van der Waals surface area contributed by atoms with Crippen LogP contribution in [0.5, 0.6) is 34.5 Å². The van der Waals surface area contributed by atoms with Crippen LogP contribution < -0.4 is 28.4 Å². The molecule has 0 saturated carbocycles. The second-order valence-corrected chi connectivity index (χ2v) is 30.6. The summed E-state index contributed by atoms with van der Waals surface area (Å²) in [6.45, 7) is 11.9. The van der Waals surface area contributed by atoms with Gasteiger partial charge in [-0.05, 0) is 204 Å². The molecule has 4 atom stereocenters. The summed E-state index contributed by atoms with van der Waals surface area (Å²) in [5, 5.41) is 24.7. The van der Waals surface area contributed by atoms with Gasteiger partial charge in [0.05, 0.1) is 12.8 Å². The molecule has 4 unspecified atom stereocenters. The van der Waals surface area contributed by atoms with Crippen LogP contribution in [0.4, 0.5) is 14.4 Å². The van der Waals surface area contributed by atoms with Gasteiger partial charge in [0.1, 0.15) is 71.9 Å². The van der Waals surface area contributed by atoms with Crippen molar-refractivity contribution in [3.63, 3.8) is 0 Å². The van der Waals surface area contributed by atoms with Crippen molar-refractivity contribution in [2.24, 2.45) is 0 Å². The number of nitrogens with one attached hydrogen (secondary N) is 3. The van der Waals surface area contributed by atoms with E-state index in [1.165, 1.54) is 5.56 Å². The Balaban J connectivity index is 0.000000138. The highest BCUT2D eigenvalue weighted by atomic mass is 35.5. The van der Waals surface area contributed by atoms with Gasteiger partial charge in [-0.2, -0.15) is 0 Å². The third-order valence-corrected chi connectivity index (χ3v) is 22.1. The molecular formula is C89H82Cl5N11O11. The van der Waals surface area contributed by atoms with Crippen molar-refractivity contribution in [2.75, 3.05) is 72.2 Å². The molecule has 0 spiro atoms. The molecule has 4 aliphatic heterocycles. The number of aliphatic hydroxyl groups excluding tert-OH is 1. The van der Waals surface area contributed by atoms with Crippen molar-refractivity contribution < 1.29 is 52.7 Å². The molecule has 4 aliphatic rings. The number of hydrogen-bond donors (Lipinski definition) is 4. The zero-order chi connectivity index (χ0) is 80.3. The number of carbonyl (C=O) groups excluding carboxylic acids is 4. The number of benzene rings is 9. The first-order valence-electron chi connectivity index (χ1n) is 38.1. The molecule has 594 valence electrons. The molecule has 0 bridgehead atoms. The van der Waals surface area contributed by atoms with E-state index in [9.17, 15) is 24.3 Å². The van der Waals surface area contributed by atoms with Crippen LogP contribution in [-0.4, -0.2) is 162 Å². The number of nitrogens with zero attached hydrogens (tertiary/aromatic N) is 8. The molecule has 1 fully saturated rings. The SMILES string of the molecule is C=CCOc1ccc(C2c3[nH]c4ccc(Cl)cc4c3CCN2C(=O)Oc2ccccc2)cc1.CC(=O)N1CCN(CC(O)COc2ccc(C3c4[nH]c5ccc(Cl)cc5c4CCN3C(=O)Oc3ccc(Cl)cc3)cc2)CC1.O=C(Oc1ccc(Cl)cc1)N1CCc2c([nH]c3ccc(Cl)cc23)C1c1ccc(OCCCn2ccnn2)cc1. The number of ether oxygens (including phenoxy) is 6. The number of halogens is 5. The van der Waals surface area contributed by atoms with Gasteiger partial charge in [0.25, 0.3) is 0 Å². The molecule has 13 aromatic rings. The van der Waals surface area contributed by atoms with Crippen LogP contribution in [0, 0.1) is 0 Å². The lowest BCUT2D eigenvalue weighted by molar-refractivity contribution is -0.130. The average molecular weight is 1660 g/mol. The fourth-order valence-electron chi connectivity index (χ4n) is 15.3.